The maximum Gasteiger partial charge on any atom is 0.293 e. The third-order valence-electron chi connectivity index (χ3n) is 2.52. The van der Waals surface area contributed by atoms with Crippen LogP contribution in [0.15, 0.2) is 12.1 Å². The summed E-state index contributed by atoms with van der Waals surface area (Å²) in [7, 11) is 0. The molecule has 7 heteroatoms. The van der Waals surface area contributed by atoms with E-state index < -0.39 is 10.7 Å². The van der Waals surface area contributed by atoms with Crippen LogP contribution in [0.4, 0.5) is 15.8 Å². The number of aliphatic hydroxyl groups is 1. The topological polar surface area (TPSA) is 66.6 Å². The lowest BCUT2D eigenvalue weighted by atomic mass is 10.2. The normalized spacial score (nSPS) is 10.4. The Balaban J connectivity index is 3.18. The number of hydrogen-bond donors (Lipinski definition) is 1. The number of halogens is 2. The van der Waals surface area contributed by atoms with Crippen LogP contribution in [-0.4, -0.2) is 29.7 Å². The third-order valence-corrected chi connectivity index (χ3v) is 3.35. The maximum atomic E-state index is 13.5. The average molecular weight is 368 g/mol. The average Bonchev–Trinajstić information content (AvgIpc) is 2.33. The van der Waals surface area contributed by atoms with Gasteiger partial charge in [-0.25, -0.2) is 4.39 Å². The Bertz CT molecular complexity index is 443. The van der Waals surface area contributed by atoms with Crippen molar-refractivity contribution < 1.29 is 14.4 Å². The predicted octanol–water partition coefficient (Wildman–Crippen LogP) is 2.55. The standard InChI is InChI=1S/C11H14FIN2O3/c1-2-14(4-3-5-16)10-6-8(12)9(13)7-11(10)15(17)18/h6-7,16H,2-5H2,1H3. The molecule has 5 nitrogen and oxygen atoms in total. The highest BCUT2D eigenvalue weighted by Gasteiger charge is 2.21. The van der Waals surface area contributed by atoms with Crippen LogP contribution in [0.1, 0.15) is 13.3 Å². The first kappa shape index (κ1) is 15.1. The van der Waals surface area contributed by atoms with Crippen LogP contribution in [0.3, 0.4) is 0 Å². The zero-order valence-corrected chi connectivity index (χ0v) is 12.1. The van der Waals surface area contributed by atoms with Gasteiger partial charge >= 0.3 is 0 Å². The van der Waals surface area contributed by atoms with Crippen molar-refractivity contribution >= 4 is 34.0 Å². The van der Waals surface area contributed by atoms with Crippen molar-refractivity contribution in [3.63, 3.8) is 0 Å². The van der Waals surface area contributed by atoms with Crippen molar-refractivity contribution in [1.29, 1.82) is 0 Å². The van der Waals surface area contributed by atoms with E-state index in [1.54, 1.807) is 27.5 Å². The van der Waals surface area contributed by atoms with Crippen LogP contribution in [0.2, 0.25) is 0 Å². The molecule has 1 aromatic rings. The smallest absolute Gasteiger partial charge is 0.293 e. The number of nitro groups is 1. The Morgan fingerprint density at radius 1 is 1.56 bits per heavy atom. The zero-order chi connectivity index (χ0) is 13.7. The van der Waals surface area contributed by atoms with Crippen molar-refractivity contribution in [2.75, 3.05) is 24.6 Å². The minimum absolute atomic E-state index is 0.00283. The number of nitro benzene ring substituents is 1. The number of rotatable bonds is 6. The van der Waals surface area contributed by atoms with Crippen LogP contribution in [0.5, 0.6) is 0 Å². The summed E-state index contributed by atoms with van der Waals surface area (Å²) in [6.07, 6.45) is 0.485. The highest BCUT2D eigenvalue weighted by atomic mass is 127. The Morgan fingerprint density at radius 2 is 2.22 bits per heavy atom. The number of hydrogen-bond acceptors (Lipinski definition) is 4. The molecule has 0 aliphatic rings. The summed E-state index contributed by atoms with van der Waals surface area (Å²) < 4.78 is 13.8. The molecule has 0 heterocycles. The highest BCUT2D eigenvalue weighted by Crippen LogP contribution is 2.31. The van der Waals surface area contributed by atoms with E-state index in [9.17, 15) is 14.5 Å². The van der Waals surface area contributed by atoms with Gasteiger partial charge in [0.15, 0.2) is 0 Å². The minimum atomic E-state index is -0.515. The summed E-state index contributed by atoms with van der Waals surface area (Å²) in [4.78, 5) is 12.2. The quantitative estimate of drug-likeness (QED) is 0.476. The second-order valence-electron chi connectivity index (χ2n) is 3.67. The Labute approximate surface area is 118 Å². The molecule has 0 aliphatic heterocycles. The fraction of sp³-hybridized carbons (Fsp3) is 0.455. The van der Waals surface area contributed by atoms with Gasteiger partial charge in [-0.15, -0.1) is 0 Å². The molecule has 18 heavy (non-hydrogen) atoms. The highest BCUT2D eigenvalue weighted by molar-refractivity contribution is 14.1. The van der Waals surface area contributed by atoms with E-state index >= 15 is 0 Å². The van der Waals surface area contributed by atoms with Crippen LogP contribution >= 0.6 is 22.6 Å². The van der Waals surface area contributed by atoms with Gasteiger partial charge in [-0.1, -0.05) is 0 Å². The Hall–Kier alpha value is -0.960. The molecule has 0 amide bonds. The van der Waals surface area contributed by atoms with E-state index in [2.05, 4.69) is 0 Å². The van der Waals surface area contributed by atoms with E-state index in [0.717, 1.165) is 0 Å². The van der Waals surface area contributed by atoms with Crippen molar-refractivity contribution in [2.24, 2.45) is 0 Å². The van der Waals surface area contributed by atoms with Crippen LogP contribution in [-0.2, 0) is 0 Å². The van der Waals surface area contributed by atoms with Gasteiger partial charge < -0.3 is 10.0 Å². The van der Waals surface area contributed by atoms with E-state index in [0.29, 0.717) is 19.5 Å². The summed E-state index contributed by atoms with van der Waals surface area (Å²) in [5.41, 5.74) is 0.148. The van der Waals surface area contributed by atoms with E-state index in [1.807, 2.05) is 6.92 Å². The van der Waals surface area contributed by atoms with Crippen molar-refractivity contribution in [2.45, 2.75) is 13.3 Å². The summed E-state index contributed by atoms with van der Waals surface area (Å²) in [5.74, 6) is -0.473. The minimum Gasteiger partial charge on any atom is -0.396 e. The van der Waals surface area contributed by atoms with E-state index in [4.69, 9.17) is 5.11 Å². The van der Waals surface area contributed by atoms with Crippen LogP contribution in [0, 0.1) is 19.5 Å². The monoisotopic (exact) mass is 368 g/mol. The predicted molar refractivity (Wildman–Crippen MR) is 75.4 cm³/mol. The maximum absolute atomic E-state index is 13.5. The first-order valence-electron chi connectivity index (χ1n) is 5.50. The first-order valence-corrected chi connectivity index (χ1v) is 6.58. The van der Waals surface area contributed by atoms with Crippen molar-refractivity contribution in [1.82, 2.24) is 0 Å². The molecular formula is C11H14FIN2O3. The summed E-state index contributed by atoms with van der Waals surface area (Å²) in [5, 5.41) is 19.8. The van der Waals surface area contributed by atoms with Gasteiger partial charge in [0.2, 0.25) is 0 Å². The molecule has 0 atom stereocenters. The first-order chi connectivity index (χ1) is 8.51. The van der Waals surface area contributed by atoms with Gasteiger partial charge in [0.25, 0.3) is 5.69 Å². The number of benzene rings is 1. The fourth-order valence-electron chi connectivity index (χ4n) is 1.64. The molecule has 0 saturated carbocycles. The second kappa shape index (κ2) is 6.83. The molecule has 0 radical (unpaired) electrons. The SMILES string of the molecule is CCN(CCCO)c1cc(F)c(I)cc1[N+](=O)[O-]. The molecule has 0 spiro atoms. The van der Waals surface area contributed by atoms with Gasteiger partial charge in [-0.2, -0.15) is 0 Å². The molecule has 1 rings (SSSR count). The molecule has 0 aromatic heterocycles. The molecular weight excluding hydrogens is 354 g/mol. The molecule has 1 N–H and O–H groups in total. The molecule has 100 valence electrons. The van der Waals surface area contributed by atoms with Gasteiger partial charge in [-0.05, 0) is 35.9 Å². The molecule has 0 fully saturated rings. The summed E-state index contributed by atoms with van der Waals surface area (Å²) >= 11 is 1.73. The zero-order valence-electron chi connectivity index (χ0n) is 9.90. The molecule has 0 saturated heterocycles. The van der Waals surface area contributed by atoms with Gasteiger partial charge in [0.1, 0.15) is 11.5 Å². The van der Waals surface area contributed by atoms with Gasteiger partial charge in [0, 0.05) is 31.8 Å². The fourth-order valence-corrected chi connectivity index (χ4v) is 2.09. The van der Waals surface area contributed by atoms with Crippen LogP contribution < -0.4 is 4.90 Å². The molecule has 0 aliphatic carbocycles. The van der Waals surface area contributed by atoms with Crippen LogP contribution in [0.25, 0.3) is 0 Å². The lowest BCUT2D eigenvalue weighted by Crippen LogP contribution is -2.25. The number of anilines is 1. The summed E-state index contributed by atoms with van der Waals surface area (Å²) in [6.45, 7) is 2.79. The lowest BCUT2D eigenvalue weighted by Gasteiger charge is -2.22. The summed E-state index contributed by atoms with van der Waals surface area (Å²) in [6, 6.07) is 2.41. The van der Waals surface area contributed by atoms with E-state index in [1.165, 1.54) is 12.1 Å². The number of nitrogens with zero attached hydrogens (tertiary/aromatic N) is 2. The van der Waals surface area contributed by atoms with Crippen molar-refractivity contribution in [3.8, 4) is 0 Å². The lowest BCUT2D eigenvalue weighted by molar-refractivity contribution is -0.384. The molecule has 0 bridgehead atoms. The third kappa shape index (κ3) is 3.52. The Morgan fingerprint density at radius 3 is 2.72 bits per heavy atom. The van der Waals surface area contributed by atoms with Gasteiger partial charge in [-0.3, -0.25) is 10.1 Å². The van der Waals surface area contributed by atoms with E-state index in [-0.39, 0.29) is 21.6 Å². The Kier molecular flexibility index (Phi) is 5.73. The molecule has 0 unspecified atom stereocenters. The van der Waals surface area contributed by atoms with Gasteiger partial charge in [0.05, 0.1) is 8.49 Å². The number of aliphatic hydroxyl groups excluding tert-OH is 1. The second-order valence-corrected chi connectivity index (χ2v) is 4.83. The van der Waals surface area contributed by atoms with Crippen molar-refractivity contribution in [3.05, 3.63) is 31.6 Å². The largest absolute Gasteiger partial charge is 0.396 e. The molecule has 1 aromatic carbocycles.